The van der Waals surface area contributed by atoms with E-state index in [-0.39, 0.29) is 24.2 Å². The Morgan fingerprint density at radius 1 is 0.944 bits per heavy atom. The van der Waals surface area contributed by atoms with E-state index >= 15 is 0 Å². The van der Waals surface area contributed by atoms with E-state index in [9.17, 15) is 4.79 Å². The maximum atomic E-state index is 13.4. The number of nitrogens with two attached hydrogens (primary N) is 1. The maximum absolute atomic E-state index is 13.4. The summed E-state index contributed by atoms with van der Waals surface area (Å²) in [7, 11) is 0. The summed E-state index contributed by atoms with van der Waals surface area (Å²) in [4.78, 5) is 13.4. The van der Waals surface area contributed by atoms with Gasteiger partial charge in [-0.15, -0.1) is 0 Å². The van der Waals surface area contributed by atoms with Crippen LogP contribution in [0.4, 0.5) is 5.69 Å². The lowest BCUT2D eigenvalue weighted by atomic mass is 9.85. The molecule has 36 heavy (non-hydrogen) atoms. The molecule has 1 aromatic heterocycles. The van der Waals surface area contributed by atoms with Crippen LogP contribution in [0.5, 0.6) is 0 Å². The van der Waals surface area contributed by atoms with Crippen LogP contribution in [0, 0.1) is 0 Å². The van der Waals surface area contributed by atoms with Crippen LogP contribution in [-0.4, -0.2) is 16.6 Å². The number of amides is 1. The molecule has 0 radical (unpaired) electrons. The molecule has 0 saturated carbocycles. The number of nitrogens with zero attached hydrogens (tertiary/aromatic N) is 1. The molecule has 5 heteroatoms. The number of nitrogen functional groups attached to an aromatic ring is 1. The highest BCUT2D eigenvalue weighted by molar-refractivity contribution is 6.21. The lowest BCUT2D eigenvalue weighted by molar-refractivity contribution is 0.00493. The predicted molar refractivity (Wildman–Crippen MR) is 141 cm³/mol. The number of fused-ring (bicyclic) bond motifs is 13. The van der Waals surface area contributed by atoms with Gasteiger partial charge in [0.25, 0.3) is 5.91 Å². The highest BCUT2D eigenvalue weighted by Crippen LogP contribution is 2.59. The Labute approximate surface area is 207 Å². The standard InChI is InChI=1S/C31H23N3O2/c32-17-5-3-4-15(12-17)16-8-9-22-20(13-16)25-21-14-33-31(35)28(21)27-19-7-2-1-6-18(19)26-23-10-11-24(36-23)34(22)30(25)29(26)27/h1-9,12-13,23-24,26H,10-11,14,32H2,(H,33,35). The summed E-state index contributed by atoms with van der Waals surface area (Å²) >= 11 is 0. The predicted octanol–water partition coefficient (Wildman–Crippen LogP) is 6.09. The van der Waals surface area contributed by atoms with Gasteiger partial charge in [-0.3, -0.25) is 4.79 Å². The maximum Gasteiger partial charge on any atom is 0.252 e. The number of anilines is 1. The minimum Gasteiger partial charge on any atom is -0.399 e. The molecule has 0 spiro atoms. The molecule has 4 aliphatic rings. The van der Waals surface area contributed by atoms with Gasteiger partial charge in [-0.1, -0.05) is 42.5 Å². The van der Waals surface area contributed by atoms with Gasteiger partial charge in [0.05, 0.1) is 22.7 Å². The monoisotopic (exact) mass is 469 g/mol. The van der Waals surface area contributed by atoms with Crippen molar-refractivity contribution in [3.63, 3.8) is 0 Å². The molecular formula is C31H23N3O2. The van der Waals surface area contributed by atoms with Crippen LogP contribution in [0.1, 0.15) is 52.0 Å². The lowest BCUT2D eigenvalue weighted by Crippen LogP contribution is -2.16. The molecule has 1 saturated heterocycles. The summed E-state index contributed by atoms with van der Waals surface area (Å²) in [6, 6.07) is 23.4. The fraction of sp³-hybridized carbons (Fsp3) is 0.194. The number of hydrogen-bond acceptors (Lipinski definition) is 3. The van der Waals surface area contributed by atoms with E-state index in [1.54, 1.807) is 0 Å². The van der Waals surface area contributed by atoms with Gasteiger partial charge >= 0.3 is 0 Å². The Morgan fingerprint density at radius 2 is 1.83 bits per heavy atom. The second kappa shape index (κ2) is 6.37. The van der Waals surface area contributed by atoms with Crippen LogP contribution < -0.4 is 11.1 Å². The first-order valence-electron chi connectivity index (χ1n) is 12.7. The number of benzene rings is 4. The third-order valence-corrected chi connectivity index (χ3v) is 8.82. The van der Waals surface area contributed by atoms with Gasteiger partial charge in [0.1, 0.15) is 6.23 Å². The fourth-order valence-electron chi connectivity index (χ4n) is 7.49. The fourth-order valence-corrected chi connectivity index (χ4v) is 7.49. The van der Waals surface area contributed by atoms with Crippen LogP contribution >= 0.6 is 0 Å². The molecular weight excluding hydrogens is 446 g/mol. The van der Waals surface area contributed by atoms with Crippen molar-refractivity contribution in [2.24, 2.45) is 0 Å². The van der Waals surface area contributed by atoms with Crippen LogP contribution in [0.15, 0.2) is 66.7 Å². The molecule has 5 aromatic rings. The molecule has 3 aliphatic heterocycles. The largest absolute Gasteiger partial charge is 0.399 e. The molecule has 5 nitrogen and oxygen atoms in total. The molecule has 3 unspecified atom stereocenters. The number of nitrogens with one attached hydrogen (secondary N) is 1. The van der Waals surface area contributed by atoms with E-state index in [1.165, 1.54) is 38.5 Å². The van der Waals surface area contributed by atoms with Crippen molar-refractivity contribution in [1.82, 2.24) is 9.88 Å². The van der Waals surface area contributed by atoms with Crippen molar-refractivity contribution in [3.8, 4) is 22.3 Å². The summed E-state index contributed by atoms with van der Waals surface area (Å²) < 4.78 is 9.24. The first-order valence-corrected chi connectivity index (χ1v) is 12.7. The van der Waals surface area contributed by atoms with Crippen molar-refractivity contribution in [2.75, 3.05) is 5.73 Å². The molecule has 1 fully saturated rings. The summed E-state index contributed by atoms with van der Waals surface area (Å²) in [5.41, 5.74) is 18.4. The van der Waals surface area contributed by atoms with Gasteiger partial charge in [-0.05, 0) is 70.5 Å². The Hall–Kier alpha value is -4.09. The van der Waals surface area contributed by atoms with Gasteiger partial charge in [0, 0.05) is 34.5 Å². The molecule has 174 valence electrons. The molecule has 1 amide bonds. The topological polar surface area (TPSA) is 69.3 Å². The van der Waals surface area contributed by atoms with Crippen molar-refractivity contribution in [3.05, 3.63) is 89.0 Å². The summed E-state index contributed by atoms with van der Waals surface area (Å²) in [6.45, 7) is 0.557. The van der Waals surface area contributed by atoms with Gasteiger partial charge in [0.15, 0.2) is 0 Å². The van der Waals surface area contributed by atoms with Crippen LogP contribution in [0.3, 0.4) is 0 Å². The van der Waals surface area contributed by atoms with Crippen LogP contribution in [-0.2, 0) is 11.3 Å². The Morgan fingerprint density at radius 3 is 2.75 bits per heavy atom. The zero-order chi connectivity index (χ0) is 23.7. The highest BCUT2D eigenvalue weighted by atomic mass is 16.5. The van der Waals surface area contributed by atoms with Gasteiger partial charge in [-0.2, -0.15) is 0 Å². The summed E-state index contributed by atoms with van der Waals surface area (Å²) in [6.07, 6.45) is 2.17. The Balaban J connectivity index is 1.49. The number of carbonyl (C=O) groups is 1. The van der Waals surface area contributed by atoms with E-state index in [4.69, 9.17) is 10.5 Å². The molecule has 9 rings (SSSR count). The van der Waals surface area contributed by atoms with E-state index in [0.717, 1.165) is 46.3 Å². The lowest BCUT2D eigenvalue weighted by Gasteiger charge is -2.20. The molecule has 2 bridgehead atoms. The summed E-state index contributed by atoms with van der Waals surface area (Å²) in [5, 5.41) is 5.55. The minimum absolute atomic E-state index is 0.0122. The van der Waals surface area contributed by atoms with Gasteiger partial charge in [0.2, 0.25) is 0 Å². The quantitative estimate of drug-likeness (QED) is 0.292. The van der Waals surface area contributed by atoms with E-state index in [0.29, 0.717) is 6.54 Å². The third kappa shape index (κ3) is 2.15. The first kappa shape index (κ1) is 19.1. The van der Waals surface area contributed by atoms with E-state index in [2.05, 4.69) is 58.4 Å². The molecule has 3 atom stereocenters. The second-order valence-corrected chi connectivity index (χ2v) is 10.5. The number of ether oxygens (including phenoxy) is 1. The molecule has 4 heterocycles. The number of aromatic nitrogens is 1. The van der Waals surface area contributed by atoms with Crippen molar-refractivity contribution in [1.29, 1.82) is 0 Å². The van der Waals surface area contributed by atoms with Gasteiger partial charge < -0.3 is 20.4 Å². The number of hydrogen-bond donors (Lipinski definition) is 2. The minimum atomic E-state index is 0.0122. The zero-order valence-corrected chi connectivity index (χ0v) is 19.5. The van der Waals surface area contributed by atoms with Crippen molar-refractivity contribution < 1.29 is 9.53 Å². The average molecular weight is 470 g/mol. The van der Waals surface area contributed by atoms with E-state index in [1.807, 2.05) is 18.2 Å². The normalized spacial score (nSPS) is 22.7. The SMILES string of the molecule is Nc1cccc(-c2ccc3c(c2)c2c4c(c5c6c2n3C2CCC(O2)C6c2ccccc2-5)C(=O)NC4)c1. The Bertz CT molecular complexity index is 1830. The first-order chi connectivity index (χ1) is 17.7. The second-order valence-electron chi connectivity index (χ2n) is 10.5. The van der Waals surface area contributed by atoms with Crippen LogP contribution in [0.25, 0.3) is 44.1 Å². The molecule has 4 aromatic carbocycles. The molecule has 3 N–H and O–H groups in total. The molecule has 1 aliphatic carbocycles. The van der Waals surface area contributed by atoms with Crippen LogP contribution in [0.2, 0.25) is 0 Å². The van der Waals surface area contributed by atoms with E-state index < -0.39 is 0 Å². The van der Waals surface area contributed by atoms with Crippen molar-refractivity contribution in [2.45, 2.75) is 37.6 Å². The highest BCUT2D eigenvalue weighted by Gasteiger charge is 2.48. The third-order valence-electron chi connectivity index (χ3n) is 8.82. The Kier molecular flexibility index (Phi) is 3.38. The van der Waals surface area contributed by atoms with Crippen molar-refractivity contribution >= 4 is 33.4 Å². The summed E-state index contributed by atoms with van der Waals surface area (Å²) in [5.74, 6) is 0.193. The van der Waals surface area contributed by atoms with Gasteiger partial charge in [-0.25, -0.2) is 0 Å². The zero-order valence-electron chi connectivity index (χ0n) is 19.5. The number of carbonyl (C=O) groups excluding carboxylic acids is 1. The smallest absolute Gasteiger partial charge is 0.252 e. The average Bonchev–Trinajstić information content (AvgIpc) is 3.63. The number of rotatable bonds is 1.